The molecule has 0 bridgehead atoms. The van der Waals surface area contributed by atoms with Gasteiger partial charge in [-0.05, 0) is 53.1 Å². The third-order valence-electron chi connectivity index (χ3n) is 7.49. The van der Waals surface area contributed by atoms with E-state index in [0.717, 1.165) is 28.8 Å². The molecule has 2 fully saturated rings. The van der Waals surface area contributed by atoms with Gasteiger partial charge in [0.2, 0.25) is 0 Å². The minimum absolute atomic E-state index is 0.209. The van der Waals surface area contributed by atoms with Gasteiger partial charge in [0.15, 0.2) is 0 Å². The van der Waals surface area contributed by atoms with E-state index >= 15 is 0 Å². The van der Waals surface area contributed by atoms with Crippen LogP contribution in [0, 0.1) is 0 Å². The highest BCUT2D eigenvalue weighted by atomic mass is 19.4. The maximum atomic E-state index is 12.8. The summed E-state index contributed by atoms with van der Waals surface area (Å²) in [4.78, 5) is 29.3. The Balaban J connectivity index is 1.13. The zero-order chi connectivity index (χ0) is 28.3. The van der Waals surface area contributed by atoms with Crippen LogP contribution in [-0.4, -0.2) is 47.0 Å². The minimum atomic E-state index is -4.35. The second-order valence-electron chi connectivity index (χ2n) is 10.5. The summed E-state index contributed by atoms with van der Waals surface area (Å²) < 4.78 is 44.3. The average molecular weight is 553 g/mol. The molecule has 2 saturated heterocycles. The van der Waals surface area contributed by atoms with Gasteiger partial charge >= 0.3 is 12.3 Å². The molecule has 0 saturated carbocycles. The summed E-state index contributed by atoms with van der Waals surface area (Å²) in [6, 6.07) is 19.7. The van der Waals surface area contributed by atoms with Crippen molar-refractivity contribution in [1.82, 2.24) is 15.1 Å². The summed E-state index contributed by atoms with van der Waals surface area (Å²) in [5, 5.41) is 2.90. The maximum absolute atomic E-state index is 12.8. The van der Waals surface area contributed by atoms with E-state index in [4.69, 9.17) is 10.5 Å². The first kappa shape index (κ1) is 27.5. The Kier molecular flexibility index (Phi) is 7.71. The Morgan fingerprint density at radius 2 is 1.60 bits per heavy atom. The fourth-order valence-electron chi connectivity index (χ4n) is 5.20. The quantitative estimate of drug-likeness (QED) is 0.393. The highest BCUT2D eigenvalue weighted by Gasteiger charge is 2.46. The molecule has 2 heterocycles. The molecule has 3 aromatic rings. The van der Waals surface area contributed by atoms with E-state index in [1.165, 1.54) is 12.1 Å². The summed E-state index contributed by atoms with van der Waals surface area (Å²) in [6.45, 7) is 3.04. The average Bonchev–Trinajstić information content (AvgIpc) is 3.23. The number of nitrogens with two attached hydrogens (primary N) is 1. The van der Waals surface area contributed by atoms with E-state index in [1.807, 2.05) is 18.2 Å². The number of amides is 2. The molecule has 40 heavy (non-hydrogen) atoms. The van der Waals surface area contributed by atoms with Gasteiger partial charge in [0.1, 0.15) is 5.60 Å². The van der Waals surface area contributed by atoms with E-state index in [2.05, 4.69) is 10.2 Å². The molecule has 0 aromatic heterocycles. The minimum Gasteiger partial charge on any atom is -0.441 e. The van der Waals surface area contributed by atoms with Crippen molar-refractivity contribution in [2.45, 2.75) is 44.3 Å². The lowest BCUT2D eigenvalue weighted by molar-refractivity contribution is -0.137. The molecule has 7 nitrogen and oxygen atoms in total. The van der Waals surface area contributed by atoms with Gasteiger partial charge in [-0.2, -0.15) is 13.2 Å². The number of piperidine rings is 1. The van der Waals surface area contributed by atoms with Gasteiger partial charge in [0.25, 0.3) is 5.91 Å². The van der Waals surface area contributed by atoms with E-state index in [-0.39, 0.29) is 12.0 Å². The summed E-state index contributed by atoms with van der Waals surface area (Å²) >= 11 is 0. The van der Waals surface area contributed by atoms with Crippen LogP contribution < -0.4 is 11.1 Å². The Hall–Kier alpha value is -4.05. The fraction of sp³-hybridized carbons (Fsp3) is 0.333. The van der Waals surface area contributed by atoms with Crippen molar-refractivity contribution in [1.29, 1.82) is 0 Å². The van der Waals surface area contributed by atoms with Crippen LogP contribution in [0.4, 0.5) is 23.7 Å². The number of alkyl halides is 3. The number of hydrogen-bond donors (Lipinski definition) is 2. The third kappa shape index (κ3) is 6.56. The number of halogens is 3. The van der Waals surface area contributed by atoms with Crippen molar-refractivity contribution in [2.75, 3.05) is 25.4 Å². The lowest BCUT2D eigenvalue weighted by Crippen LogP contribution is -2.46. The first-order valence-electron chi connectivity index (χ1n) is 13.2. The number of nitrogens with zero attached hydrogens (tertiary/aromatic N) is 2. The summed E-state index contributed by atoms with van der Waals surface area (Å²) in [5.41, 5.74) is 8.21. The second kappa shape index (κ2) is 11.2. The van der Waals surface area contributed by atoms with Crippen molar-refractivity contribution in [3.63, 3.8) is 0 Å². The predicted octanol–water partition coefficient (Wildman–Crippen LogP) is 5.20. The van der Waals surface area contributed by atoms with Gasteiger partial charge in [-0.1, -0.05) is 36.4 Å². The zero-order valence-electron chi connectivity index (χ0n) is 21.9. The molecule has 2 aliphatic rings. The second-order valence-corrected chi connectivity index (χ2v) is 10.5. The van der Waals surface area contributed by atoms with Crippen LogP contribution in [0.2, 0.25) is 0 Å². The Labute approximate surface area is 230 Å². The number of hydrogen-bond acceptors (Lipinski definition) is 5. The molecule has 0 atom stereocenters. The summed E-state index contributed by atoms with van der Waals surface area (Å²) in [6.07, 6.45) is -3.44. The van der Waals surface area contributed by atoms with Gasteiger partial charge in [0.05, 0.1) is 12.1 Å². The lowest BCUT2D eigenvalue weighted by atomic mass is 9.91. The van der Waals surface area contributed by atoms with Crippen LogP contribution in [-0.2, 0) is 30.5 Å². The molecule has 5 rings (SSSR count). The van der Waals surface area contributed by atoms with E-state index < -0.39 is 17.3 Å². The fourth-order valence-corrected chi connectivity index (χ4v) is 5.20. The molecular formula is C30H31F3N4O3. The van der Waals surface area contributed by atoms with Crippen LogP contribution in [0.1, 0.15) is 45.5 Å². The smallest absolute Gasteiger partial charge is 0.416 e. The molecule has 2 aliphatic heterocycles. The summed E-state index contributed by atoms with van der Waals surface area (Å²) in [5.74, 6) is -0.209. The first-order valence-corrected chi connectivity index (χ1v) is 13.2. The van der Waals surface area contributed by atoms with Crippen LogP contribution in [0.15, 0.2) is 72.8 Å². The zero-order valence-corrected chi connectivity index (χ0v) is 21.9. The maximum Gasteiger partial charge on any atom is 0.416 e. The summed E-state index contributed by atoms with van der Waals surface area (Å²) in [7, 11) is 0. The van der Waals surface area contributed by atoms with E-state index in [1.54, 1.807) is 35.2 Å². The molecule has 210 valence electrons. The molecule has 0 radical (unpaired) electrons. The molecule has 0 unspecified atom stereocenters. The predicted molar refractivity (Wildman–Crippen MR) is 144 cm³/mol. The largest absolute Gasteiger partial charge is 0.441 e. The van der Waals surface area contributed by atoms with Crippen molar-refractivity contribution >= 4 is 17.7 Å². The molecule has 10 heteroatoms. The Bertz CT molecular complexity index is 1350. The Morgan fingerprint density at radius 3 is 2.27 bits per heavy atom. The molecule has 3 aromatic carbocycles. The topological polar surface area (TPSA) is 87.9 Å². The SMILES string of the molecule is Nc1ccc(CNC(=O)c2cccc(CN3CC4(CCN(Cc5ccc(C(F)(F)F)cc5)CC4)OC3=O)c2)cc1. The van der Waals surface area contributed by atoms with Crippen LogP contribution in [0.25, 0.3) is 0 Å². The number of rotatable bonds is 7. The van der Waals surface area contributed by atoms with Crippen molar-refractivity contribution in [3.05, 3.63) is 101 Å². The Morgan fingerprint density at radius 1 is 0.925 bits per heavy atom. The van der Waals surface area contributed by atoms with E-state index in [9.17, 15) is 22.8 Å². The highest BCUT2D eigenvalue weighted by Crippen LogP contribution is 2.35. The number of nitrogen functional groups attached to an aromatic ring is 1. The standard InChI is InChI=1S/C30H31F3N4O3/c31-30(32,33)25-8-4-22(5-9-25)18-36-14-12-29(13-15-36)20-37(28(39)40-29)19-23-2-1-3-24(16-23)27(38)35-17-21-6-10-26(34)11-7-21/h1-11,16H,12-15,17-20,34H2,(H,35,38). The highest BCUT2D eigenvalue weighted by molar-refractivity contribution is 5.94. The van der Waals surface area contributed by atoms with Crippen LogP contribution in [0.3, 0.4) is 0 Å². The van der Waals surface area contributed by atoms with E-state index in [0.29, 0.717) is 63.4 Å². The van der Waals surface area contributed by atoms with Gasteiger partial charge in [-0.25, -0.2) is 4.79 Å². The number of carbonyl (C=O) groups excluding carboxylic acids is 2. The normalized spacial score (nSPS) is 17.2. The molecule has 3 N–H and O–H groups in total. The number of likely N-dealkylation sites (tertiary alicyclic amines) is 1. The molecule has 2 amide bonds. The number of anilines is 1. The number of nitrogens with one attached hydrogen (secondary N) is 1. The van der Waals surface area contributed by atoms with Crippen molar-refractivity contribution in [2.24, 2.45) is 0 Å². The molecule has 0 aliphatic carbocycles. The van der Waals surface area contributed by atoms with Crippen LogP contribution >= 0.6 is 0 Å². The van der Waals surface area contributed by atoms with Gasteiger partial charge < -0.3 is 15.8 Å². The van der Waals surface area contributed by atoms with Gasteiger partial charge in [-0.3, -0.25) is 14.6 Å². The van der Waals surface area contributed by atoms with Crippen molar-refractivity contribution < 1.29 is 27.5 Å². The number of ether oxygens (including phenoxy) is 1. The molecule has 1 spiro atoms. The molecular weight excluding hydrogens is 521 g/mol. The number of carbonyl (C=O) groups is 2. The first-order chi connectivity index (χ1) is 19.1. The van der Waals surface area contributed by atoms with Crippen molar-refractivity contribution in [3.8, 4) is 0 Å². The van der Waals surface area contributed by atoms with Crippen LogP contribution in [0.5, 0.6) is 0 Å². The van der Waals surface area contributed by atoms with Gasteiger partial charge in [-0.15, -0.1) is 0 Å². The van der Waals surface area contributed by atoms with Gasteiger partial charge in [0, 0.05) is 56.8 Å². The monoisotopic (exact) mass is 552 g/mol. The third-order valence-corrected chi connectivity index (χ3v) is 7.49. The lowest BCUT2D eigenvalue weighted by Gasteiger charge is -2.37. The number of benzene rings is 3.